The lowest BCUT2D eigenvalue weighted by molar-refractivity contribution is -0.121. The van der Waals surface area contributed by atoms with E-state index in [1.807, 2.05) is 31.2 Å². The smallest absolute Gasteiger partial charge is 0.262 e. The van der Waals surface area contributed by atoms with Crippen molar-refractivity contribution in [2.45, 2.75) is 26.2 Å². The minimum atomic E-state index is -0.0715. The Morgan fingerprint density at radius 1 is 1.05 bits per heavy atom. The maximum atomic E-state index is 12.5. The van der Waals surface area contributed by atoms with Crippen LogP contribution in [0.15, 0.2) is 35.4 Å². The fourth-order valence-electron chi connectivity index (χ4n) is 3.86. The molecular weight excluding hydrogens is 238 g/mol. The molecule has 1 fully saturated rings. The summed E-state index contributed by atoms with van der Waals surface area (Å²) >= 11 is 0. The van der Waals surface area contributed by atoms with Gasteiger partial charge in [-0.15, -0.1) is 0 Å². The molecular formula is C16H15NO2. The van der Waals surface area contributed by atoms with Gasteiger partial charge in [0.2, 0.25) is 0 Å². The van der Waals surface area contributed by atoms with E-state index < -0.39 is 0 Å². The van der Waals surface area contributed by atoms with Crippen LogP contribution in [0.3, 0.4) is 0 Å². The Morgan fingerprint density at radius 3 is 2.26 bits per heavy atom. The fourth-order valence-corrected chi connectivity index (χ4v) is 3.86. The predicted octanol–water partition coefficient (Wildman–Crippen LogP) is 2.59. The van der Waals surface area contributed by atoms with Crippen molar-refractivity contribution in [3.8, 4) is 0 Å². The number of benzene rings is 1. The highest BCUT2D eigenvalue weighted by Crippen LogP contribution is 2.52. The summed E-state index contributed by atoms with van der Waals surface area (Å²) in [5.74, 6) is 0.535. The number of amides is 2. The molecule has 96 valence electrons. The van der Waals surface area contributed by atoms with Gasteiger partial charge in [-0.3, -0.25) is 9.59 Å². The zero-order chi connectivity index (χ0) is 13.1. The van der Waals surface area contributed by atoms with E-state index in [2.05, 4.69) is 0 Å². The van der Waals surface area contributed by atoms with Crippen LogP contribution in [0.1, 0.15) is 24.8 Å². The highest BCUT2D eigenvalue weighted by molar-refractivity contribution is 6.33. The Balaban J connectivity index is 1.79. The van der Waals surface area contributed by atoms with Crippen LogP contribution >= 0.6 is 0 Å². The van der Waals surface area contributed by atoms with Crippen LogP contribution in [0.5, 0.6) is 0 Å². The van der Waals surface area contributed by atoms with Crippen molar-refractivity contribution in [2.24, 2.45) is 11.8 Å². The van der Waals surface area contributed by atoms with Crippen LogP contribution in [0.2, 0.25) is 0 Å². The molecule has 0 aromatic heterocycles. The number of carbonyl (C=O) groups is 2. The predicted molar refractivity (Wildman–Crippen MR) is 71.5 cm³/mol. The molecule has 2 amide bonds. The maximum absolute atomic E-state index is 12.5. The number of rotatable bonds is 1. The number of imide groups is 1. The Bertz CT molecular complexity index is 612. The zero-order valence-corrected chi connectivity index (χ0v) is 10.8. The van der Waals surface area contributed by atoms with Crippen LogP contribution in [-0.2, 0) is 9.59 Å². The third-order valence-corrected chi connectivity index (χ3v) is 4.67. The van der Waals surface area contributed by atoms with E-state index in [9.17, 15) is 9.59 Å². The topological polar surface area (TPSA) is 37.4 Å². The number of carbonyl (C=O) groups excluding carboxylic acids is 2. The molecule has 2 unspecified atom stereocenters. The van der Waals surface area contributed by atoms with Gasteiger partial charge in [-0.25, -0.2) is 4.90 Å². The average molecular weight is 253 g/mol. The van der Waals surface area contributed by atoms with Gasteiger partial charge < -0.3 is 0 Å². The number of hydrogen-bond acceptors (Lipinski definition) is 2. The molecule has 0 spiro atoms. The second-order valence-electron chi connectivity index (χ2n) is 5.82. The molecule has 0 radical (unpaired) electrons. The highest BCUT2D eigenvalue weighted by atomic mass is 16.2. The molecule has 19 heavy (non-hydrogen) atoms. The minimum absolute atomic E-state index is 0.0715. The number of aryl methyl sites for hydroxylation is 1. The molecule has 2 aliphatic carbocycles. The molecule has 0 saturated heterocycles. The summed E-state index contributed by atoms with van der Waals surface area (Å²) in [4.78, 5) is 26.5. The van der Waals surface area contributed by atoms with Gasteiger partial charge in [0.15, 0.2) is 0 Å². The molecule has 1 aromatic carbocycles. The van der Waals surface area contributed by atoms with E-state index in [4.69, 9.17) is 0 Å². The van der Waals surface area contributed by atoms with Crippen molar-refractivity contribution in [3.05, 3.63) is 41.0 Å². The number of hydrogen-bond donors (Lipinski definition) is 0. The van der Waals surface area contributed by atoms with E-state index in [1.54, 1.807) is 0 Å². The molecule has 2 atom stereocenters. The first-order chi connectivity index (χ1) is 9.16. The SMILES string of the molecule is Cc1cccc(N2C(=O)C3=C(C2=O)C2CCC3C2)c1. The normalized spacial score (nSPS) is 28.6. The van der Waals surface area contributed by atoms with Crippen LogP contribution in [0.25, 0.3) is 0 Å². The van der Waals surface area contributed by atoms with Crippen LogP contribution in [0.4, 0.5) is 5.69 Å². The quantitative estimate of drug-likeness (QED) is 0.721. The summed E-state index contributed by atoms with van der Waals surface area (Å²) in [5, 5.41) is 0. The summed E-state index contributed by atoms with van der Waals surface area (Å²) in [5.41, 5.74) is 3.42. The van der Waals surface area contributed by atoms with E-state index in [1.165, 1.54) is 4.90 Å². The van der Waals surface area contributed by atoms with Crippen molar-refractivity contribution >= 4 is 17.5 Å². The molecule has 1 aliphatic heterocycles. The molecule has 4 rings (SSSR count). The average Bonchev–Trinajstić information content (AvgIpc) is 3.04. The third-order valence-electron chi connectivity index (χ3n) is 4.67. The lowest BCUT2D eigenvalue weighted by Crippen LogP contribution is -2.33. The Morgan fingerprint density at radius 2 is 1.68 bits per heavy atom. The number of fused-ring (bicyclic) bond motifs is 4. The lowest BCUT2D eigenvalue weighted by atomic mass is 9.93. The second-order valence-corrected chi connectivity index (χ2v) is 5.82. The van der Waals surface area contributed by atoms with Gasteiger partial charge in [-0.2, -0.15) is 0 Å². The van der Waals surface area contributed by atoms with Crippen molar-refractivity contribution in [1.29, 1.82) is 0 Å². The van der Waals surface area contributed by atoms with Crippen LogP contribution in [0, 0.1) is 18.8 Å². The van der Waals surface area contributed by atoms with E-state index in [-0.39, 0.29) is 11.8 Å². The van der Waals surface area contributed by atoms with Gasteiger partial charge in [0.05, 0.1) is 5.69 Å². The molecule has 1 heterocycles. The van der Waals surface area contributed by atoms with Crippen molar-refractivity contribution < 1.29 is 9.59 Å². The molecule has 2 bridgehead atoms. The lowest BCUT2D eigenvalue weighted by Gasteiger charge is -2.18. The molecule has 3 heteroatoms. The van der Waals surface area contributed by atoms with Crippen LogP contribution < -0.4 is 4.90 Å². The molecule has 3 nitrogen and oxygen atoms in total. The van der Waals surface area contributed by atoms with Gasteiger partial charge >= 0.3 is 0 Å². The monoisotopic (exact) mass is 253 g/mol. The van der Waals surface area contributed by atoms with E-state index in [0.29, 0.717) is 17.5 Å². The Hall–Kier alpha value is -1.90. The fraction of sp³-hybridized carbons (Fsp3) is 0.375. The van der Waals surface area contributed by atoms with Gasteiger partial charge in [0.25, 0.3) is 11.8 Å². The van der Waals surface area contributed by atoms with Crippen molar-refractivity contribution in [1.82, 2.24) is 0 Å². The number of anilines is 1. The first-order valence-electron chi connectivity index (χ1n) is 6.86. The third kappa shape index (κ3) is 1.33. The largest absolute Gasteiger partial charge is 0.269 e. The Labute approximate surface area is 111 Å². The van der Waals surface area contributed by atoms with Crippen LogP contribution in [-0.4, -0.2) is 11.8 Å². The van der Waals surface area contributed by atoms with Crippen molar-refractivity contribution in [3.63, 3.8) is 0 Å². The summed E-state index contributed by atoms with van der Waals surface area (Å²) in [6, 6.07) is 7.61. The number of nitrogens with zero attached hydrogens (tertiary/aromatic N) is 1. The van der Waals surface area contributed by atoms with Gasteiger partial charge in [-0.05, 0) is 55.7 Å². The second kappa shape index (κ2) is 3.56. The van der Waals surface area contributed by atoms with Gasteiger partial charge in [0, 0.05) is 11.1 Å². The molecule has 1 aromatic rings. The molecule has 0 N–H and O–H groups in total. The minimum Gasteiger partial charge on any atom is -0.269 e. The van der Waals surface area contributed by atoms with Crippen molar-refractivity contribution in [2.75, 3.05) is 4.90 Å². The zero-order valence-electron chi connectivity index (χ0n) is 10.8. The highest BCUT2D eigenvalue weighted by Gasteiger charge is 2.52. The van der Waals surface area contributed by atoms with Gasteiger partial charge in [0.1, 0.15) is 0 Å². The van der Waals surface area contributed by atoms with Gasteiger partial charge in [-0.1, -0.05) is 12.1 Å². The summed E-state index contributed by atoms with van der Waals surface area (Å²) in [6.07, 6.45) is 3.16. The first kappa shape index (κ1) is 11.0. The standard InChI is InChI=1S/C16H15NO2/c1-9-3-2-4-12(7-9)17-15(18)13-10-5-6-11(8-10)14(13)16(17)19/h2-4,7,10-11H,5-6,8H2,1H3. The van der Waals surface area contributed by atoms with E-state index >= 15 is 0 Å². The Kier molecular flexibility index (Phi) is 2.06. The molecule has 1 saturated carbocycles. The summed E-state index contributed by atoms with van der Waals surface area (Å²) in [6.45, 7) is 1.97. The molecule has 3 aliphatic rings. The summed E-state index contributed by atoms with van der Waals surface area (Å²) in [7, 11) is 0. The maximum Gasteiger partial charge on any atom is 0.262 e. The first-order valence-corrected chi connectivity index (χ1v) is 6.86. The van der Waals surface area contributed by atoms with E-state index in [0.717, 1.165) is 36.0 Å². The summed E-state index contributed by atoms with van der Waals surface area (Å²) < 4.78 is 0.